The molecule has 0 aliphatic carbocycles. The summed E-state index contributed by atoms with van der Waals surface area (Å²) in [7, 11) is 3.54. The minimum Gasteiger partial charge on any atom is -0.497 e. The quantitative estimate of drug-likeness (QED) is 0.792. The summed E-state index contributed by atoms with van der Waals surface area (Å²) in [5, 5.41) is 0.835. The minimum atomic E-state index is -0.0777. The minimum absolute atomic E-state index is 0.0777. The van der Waals surface area contributed by atoms with Gasteiger partial charge in [0, 0.05) is 17.6 Å². The van der Waals surface area contributed by atoms with Crippen molar-refractivity contribution in [2.24, 2.45) is 0 Å². The molecule has 21 heavy (non-hydrogen) atoms. The first kappa shape index (κ1) is 14.2. The van der Waals surface area contributed by atoms with Crippen LogP contribution in [0, 0.1) is 0 Å². The van der Waals surface area contributed by atoms with Crippen molar-refractivity contribution < 1.29 is 9.47 Å². The van der Waals surface area contributed by atoms with Crippen molar-refractivity contribution in [3.8, 4) is 11.5 Å². The van der Waals surface area contributed by atoms with Gasteiger partial charge in [-0.05, 0) is 29.8 Å². The summed E-state index contributed by atoms with van der Waals surface area (Å²) >= 11 is 12.2. The number of likely N-dealkylation sites (N-methyl/N-ethyl adjacent to an activating group) is 1. The molecule has 5 nitrogen and oxygen atoms in total. The fraction of sp³-hybridized carbons (Fsp3) is 0.286. The fourth-order valence-corrected chi connectivity index (χ4v) is 2.70. The molecule has 0 amide bonds. The largest absolute Gasteiger partial charge is 0.497 e. The highest BCUT2D eigenvalue weighted by molar-refractivity contribution is 6.31. The summed E-state index contributed by atoms with van der Waals surface area (Å²) in [6, 6.07) is 5.46. The average Bonchev–Trinajstić information content (AvgIpc) is 2.49. The molecule has 2 heterocycles. The predicted octanol–water partition coefficient (Wildman–Crippen LogP) is 3.36. The molecule has 0 bridgehead atoms. The number of hydrogen-bond acceptors (Lipinski definition) is 5. The highest BCUT2D eigenvalue weighted by Gasteiger charge is 2.29. The van der Waals surface area contributed by atoms with Gasteiger partial charge in [0.2, 0.25) is 5.28 Å². The van der Waals surface area contributed by atoms with Crippen molar-refractivity contribution in [3.63, 3.8) is 0 Å². The van der Waals surface area contributed by atoms with Gasteiger partial charge in [-0.25, -0.2) is 4.98 Å². The molecule has 1 aliphatic heterocycles. The van der Waals surface area contributed by atoms with E-state index in [0.29, 0.717) is 23.2 Å². The molecule has 0 saturated heterocycles. The normalized spacial score (nSPS) is 17.1. The Hall–Kier alpha value is -1.72. The molecule has 1 aromatic heterocycles. The SMILES string of the molecule is COc1ccc(Cl)c(C2COc3cnc(Cl)nc3N2C)c1. The van der Waals surface area contributed by atoms with E-state index in [-0.39, 0.29) is 11.3 Å². The Morgan fingerprint density at radius 2 is 2.19 bits per heavy atom. The van der Waals surface area contributed by atoms with E-state index in [2.05, 4.69) is 9.97 Å². The standard InChI is InChI=1S/C14H13Cl2N3O2/c1-19-11(9-5-8(20-2)3-4-10(9)15)7-21-12-6-17-14(16)18-13(12)19/h3-6,11H,7H2,1-2H3. The highest BCUT2D eigenvalue weighted by atomic mass is 35.5. The third kappa shape index (κ3) is 2.59. The summed E-state index contributed by atoms with van der Waals surface area (Å²) in [5.74, 6) is 2.00. The molecule has 0 saturated carbocycles. The van der Waals surface area contributed by atoms with Crippen molar-refractivity contribution in [1.82, 2.24) is 9.97 Å². The maximum atomic E-state index is 6.31. The van der Waals surface area contributed by atoms with Crippen molar-refractivity contribution in [1.29, 1.82) is 0 Å². The van der Waals surface area contributed by atoms with Crippen LogP contribution in [0.4, 0.5) is 5.82 Å². The molecular formula is C14H13Cl2N3O2. The van der Waals surface area contributed by atoms with E-state index >= 15 is 0 Å². The average molecular weight is 326 g/mol. The number of anilines is 1. The maximum Gasteiger partial charge on any atom is 0.224 e. The zero-order valence-corrected chi connectivity index (χ0v) is 13.0. The second kappa shape index (κ2) is 5.58. The zero-order chi connectivity index (χ0) is 15.0. The van der Waals surface area contributed by atoms with Gasteiger partial charge in [0.1, 0.15) is 12.4 Å². The number of aromatic nitrogens is 2. The van der Waals surface area contributed by atoms with Gasteiger partial charge in [-0.15, -0.1) is 0 Å². The van der Waals surface area contributed by atoms with E-state index < -0.39 is 0 Å². The van der Waals surface area contributed by atoms with Crippen LogP contribution in [0.2, 0.25) is 10.3 Å². The molecule has 1 aromatic carbocycles. The second-order valence-corrected chi connectivity index (χ2v) is 5.40. The lowest BCUT2D eigenvalue weighted by atomic mass is 10.0. The van der Waals surface area contributed by atoms with Gasteiger partial charge < -0.3 is 14.4 Å². The van der Waals surface area contributed by atoms with Crippen LogP contribution in [0.5, 0.6) is 11.5 Å². The lowest BCUT2D eigenvalue weighted by Gasteiger charge is -2.35. The Kier molecular flexibility index (Phi) is 3.78. The molecule has 2 aromatic rings. The molecule has 1 atom stereocenters. The molecule has 0 N–H and O–H groups in total. The molecule has 0 fully saturated rings. The summed E-state index contributed by atoms with van der Waals surface area (Å²) in [4.78, 5) is 10.1. The Morgan fingerprint density at radius 3 is 2.95 bits per heavy atom. The van der Waals surface area contributed by atoms with Gasteiger partial charge in [-0.3, -0.25) is 0 Å². The third-order valence-electron chi connectivity index (χ3n) is 3.47. The monoisotopic (exact) mass is 325 g/mol. The third-order valence-corrected chi connectivity index (χ3v) is 3.99. The van der Waals surface area contributed by atoms with Gasteiger partial charge >= 0.3 is 0 Å². The van der Waals surface area contributed by atoms with Crippen molar-refractivity contribution in [2.45, 2.75) is 6.04 Å². The number of benzene rings is 1. The highest BCUT2D eigenvalue weighted by Crippen LogP contribution is 2.39. The molecule has 3 rings (SSSR count). The first-order valence-corrected chi connectivity index (χ1v) is 7.07. The maximum absolute atomic E-state index is 6.31. The topological polar surface area (TPSA) is 47.5 Å². The van der Waals surface area contributed by atoms with Crippen molar-refractivity contribution >= 4 is 29.0 Å². The summed E-state index contributed by atoms with van der Waals surface area (Å²) in [6.45, 7) is 0.446. The van der Waals surface area contributed by atoms with Crippen LogP contribution < -0.4 is 14.4 Å². The van der Waals surface area contributed by atoms with Crippen molar-refractivity contribution in [3.05, 3.63) is 40.3 Å². The number of ether oxygens (including phenoxy) is 2. The lowest BCUT2D eigenvalue weighted by Crippen LogP contribution is -2.34. The Bertz CT molecular complexity index is 681. The van der Waals surface area contributed by atoms with Gasteiger partial charge in [-0.1, -0.05) is 11.6 Å². The Balaban J connectivity index is 2.01. The van der Waals surface area contributed by atoms with Crippen LogP contribution >= 0.6 is 23.2 Å². The van der Waals surface area contributed by atoms with Crippen LogP contribution in [-0.2, 0) is 0 Å². The molecule has 0 spiro atoms. The number of rotatable bonds is 2. The number of halogens is 2. The van der Waals surface area contributed by atoms with E-state index in [1.165, 1.54) is 0 Å². The second-order valence-electron chi connectivity index (χ2n) is 4.65. The Labute approximate surface area is 132 Å². The smallest absolute Gasteiger partial charge is 0.224 e. The predicted molar refractivity (Wildman–Crippen MR) is 81.7 cm³/mol. The molecule has 7 heteroatoms. The van der Waals surface area contributed by atoms with Crippen LogP contribution in [0.25, 0.3) is 0 Å². The first-order valence-electron chi connectivity index (χ1n) is 6.31. The van der Waals surface area contributed by atoms with Crippen LogP contribution in [0.15, 0.2) is 24.4 Å². The van der Waals surface area contributed by atoms with Gasteiger partial charge in [0.05, 0.1) is 19.3 Å². The van der Waals surface area contributed by atoms with Crippen LogP contribution in [0.1, 0.15) is 11.6 Å². The van der Waals surface area contributed by atoms with E-state index in [1.807, 2.05) is 30.1 Å². The van der Waals surface area contributed by atoms with Crippen LogP contribution in [0.3, 0.4) is 0 Å². The number of methoxy groups -OCH3 is 1. The summed E-state index contributed by atoms with van der Waals surface area (Å²) < 4.78 is 11.0. The molecule has 110 valence electrons. The van der Waals surface area contributed by atoms with E-state index in [4.69, 9.17) is 32.7 Å². The van der Waals surface area contributed by atoms with Crippen molar-refractivity contribution in [2.75, 3.05) is 25.7 Å². The van der Waals surface area contributed by atoms with Gasteiger partial charge in [-0.2, -0.15) is 4.98 Å². The van der Waals surface area contributed by atoms with E-state index in [0.717, 1.165) is 11.3 Å². The first-order chi connectivity index (χ1) is 10.1. The molecule has 1 unspecified atom stereocenters. The zero-order valence-electron chi connectivity index (χ0n) is 11.5. The van der Waals surface area contributed by atoms with E-state index in [9.17, 15) is 0 Å². The molecule has 1 aliphatic rings. The van der Waals surface area contributed by atoms with Crippen LogP contribution in [-0.4, -0.2) is 30.7 Å². The fourth-order valence-electron chi connectivity index (χ4n) is 2.33. The molecule has 0 radical (unpaired) electrons. The lowest BCUT2D eigenvalue weighted by molar-refractivity contribution is 0.264. The van der Waals surface area contributed by atoms with E-state index in [1.54, 1.807) is 13.3 Å². The molecular weight excluding hydrogens is 313 g/mol. The summed E-state index contributed by atoms with van der Waals surface area (Å²) in [6.07, 6.45) is 1.57. The number of nitrogens with zero attached hydrogens (tertiary/aromatic N) is 3. The number of hydrogen-bond donors (Lipinski definition) is 0. The van der Waals surface area contributed by atoms with Gasteiger partial charge in [0.25, 0.3) is 0 Å². The summed E-state index contributed by atoms with van der Waals surface area (Å²) in [5.41, 5.74) is 0.916. The van der Waals surface area contributed by atoms with Gasteiger partial charge in [0.15, 0.2) is 11.6 Å². The number of fused-ring (bicyclic) bond motifs is 1. The Morgan fingerprint density at radius 1 is 1.38 bits per heavy atom.